The number of hydrogen-bond donors (Lipinski definition) is 1. The molecule has 0 radical (unpaired) electrons. The Balaban J connectivity index is 1.52. The van der Waals surface area contributed by atoms with Crippen molar-refractivity contribution in [2.24, 2.45) is 0 Å². The van der Waals surface area contributed by atoms with Gasteiger partial charge in [-0.1, -0.05) is 30.3 Å². The molecule has 0 unspecified atom stereocenters. The molecule has 26 heavy (non-hydrogen) atoms. The summed E-state index contributed by atoms with van der Waals surface area (Å²) in [5, 5.41) is 7.66. The van der Waals surface area contributed by atoms with Gasteiger partial charge in [-0.15, -0.1) is 22.7 Å². The highest BCUT2D eigenvalue weighted by molar-refractivity contribution is 7.15. The summed E-state index contributed by atoms with van der Waals surface area (Å²) in [6, 6.07) is 9.95. The van der Waals surface area contributed by atoms with E-state index in [0.29, 0.717) is 12.2 Å². The van der Waals surface area contributed by atoms with Gasteiger partial charge in [0.1, 0.15) is 5.69 Å². The zero-order valence-corrected chi connectivity index (χ0v) is 16.0. The number of benzene rings is 1. The molecule has 0 aliphatic carbocycles. The lowest BCUT2D eigenvalue weighted by Crippen LogP contribution is -2.24. The summed E-state index contributed by atoms with van der Waals surface area (Å²) in [6.45, 7) is 0.404. The summed E-state index contributed by atoms with van der Waals surface area (Å²) in [5.41, 5.74) is 3.34. The second-order valence-corrected chi connectivity index (χ2v) is 7.64. The number of thiazole rings is 2. The summed E-state index contributed by atoms with van der Waals surface area (Å²) >= 11 is 3.02. The van der Waals surface area contributed by atoms with E-state index >= 15 is 0 Å². The Bertz CT molecular complexity index is 1050. The number of rotatable bonds is 5. The Kier molecular flexibility index (Phi) is 4.44. The van der Waals surface area contributed by atoms with E-state index < -0.39 is 0 Å². The molecule has 6 nitrogen and oxygen atoms in total. The van der Waals surface area contributed by atoms with Crippen molar-refractivity contribution >= 4 is 38.7 Å². The quantitative estimate of drug-likeness (QED) is 0.573. The van der Waals surface area contributed by atoms with Crippen LogP contribution in [-0.2, 0) is 6.54 Å². The van der Waals surface area contributed by atoms with Crippen molar-refractivity contribution in [1.82, 2.24) is 19.7 Å². The molecule has 0 aliphatic rings. The molecule has 3 heterocycles. The van der Waals surface area contributed by atoms with Gasteiger partial charge in [-0.25, -0.2) is 9.97 Å². The molecule has 3 aromatic heterocycles. The van der Waals surface area contributed by atoms with Gasteiger partial charge in [-0.2, -0.15) is 0 Å². The van der Waals surface area contributed by atoms with Crippen molar-refractivity contribution in [3.8, 4) is 11.3 Å². The fourth-order valence-electron chi connectivity index (χ4n) is 2.54. The van der Waals surface area contributed by atoms with Crippen molar-refractivity contribution in [3.05, 3.63) is 58.7 Å². The maximum atomic E-state index is 12.6. The van der Waals surface area contributed by atoms with Crippen LogP contribution in [0.2, 0.25) is 0 Å². The topological polar surface area (TPSA) is 62.5 Å². The number of aromatic nitrogens is 3. The van der Waals surface area contributed by atoms with Gasteiger partial charge in [0.2, 0.25) is 0 Å². The molecule has 1 aromatic carbocycles. The average Bonchev–Trinajstić information content (AvgIpc) is 3.35. The highest BCUT2D eigenvalue weighted by Crippen LogP contribution is 2.23. The second-order valence-electron chi connectivity index (χ2n) is 5.96. The summed E-state index contributed by atoms with van der Waals surface area (Å²) in [5.74, 6) is -0.132. The van der Waals surface area contributed by atoms with Crippen molar-refractivity contribution in [2.45, 2.75) is 6.54 Å². The molecule has 0 bridgehead atoms. The number of imidazole rings is 1. The number of amides is 1. The van der Waals surface area contributed by atoms with Gasteiger partial charge in [0.25, 0.3) is 5.91 Å². The van der Waals surface area contributed by atoms with Crippen LogP contribution in [0.25, 0.3) is 16.2 Å². The van der Waals surface area contributed by atoms with Crippen LogP contribution in [0.4, 0.5) is 5.13 Å². The fraction of sp³-hybridized carbons (Fsp3) is 0.167. The van der Waals surface area contributed by atoms with Gasteiger partial charge >= 0.3 is 0 Å². The Morgan fingerprint density at radius 3 is 2.69 bits per heavy atom. The van der Waals surface area contributed by atoms with Crippen molar-refractivity contribution in [1.29, 1.82) is 0 Å². The van der Waals surface area contributed by atoms with E-state index in [1.165, 1.54) is 11.3 Å². The normalized spacial score (nSPS) is 11.0. The highest BCUT2D eigenvalue weighted by Gasteiger charge is 2.15. The number of nitrogens with zero attached hydrogens (tertiary/aromatic N) is 4. The maximum absolute atomic E-state index is 12.6. The molecule has 4 aromatic rings. The lowest BCUT2D eigenvalue weighted by atomic mass is 10.2. The van der Waals surface area contributed by atoms with E-state index in [0.717, 1.165) is 27.0 Å². The fourth-order valence-corrected chi connectivity index (χ4v) is 4.15. The van der Waals surface area contributed by atoms with Crippen molar-refractivity contribution in [2.75, 3.05) is 19.0 Å². The first-order chi connectivity index (χ1) is 12.6. The van der Waals surface area contributed by atoms with E-state index in [4.69, 9.17) is 0 Å². The van der Waals surface area contributed by atoms with Gasteiger partial charge < -0.3 is 10.2 Å². The zero-order valence-electron chi connectivity index (χ0n) is 14.3. The molecule has 0 atom stereocenters. The summed E-state index contributed by atoms with van der Waals surface area (Å²) < 4.78 is 1.84. The second kappa shape index (κ2) is 6.89. The SMILES string of the molecule is CN(C)c1nc(CNC(=O)c2csc3nc(-c4ccccc4)cn23)cs1. The van der Waals surface area contributed by atoms with Crippen LogP contribution in [0.3, 0.4) is 0 Å². The zero-order chi connectivity index (χ0) is 18.1. The summed E-state index contributed by atoms with van der Waals surface area (Å²) in [4.78, 5) is 24.4. The molecule has 0 fully saturated rings. The monoisotopic (exact) mass is 383 g/mol. The van der Waals surface area contributed by atoms with Crippen LogP contribution < -0.4 is 10.2 Å². The molecule has 1 amide bonds. The average molecular weight is 384 g/mol. The van der Waals surface area contributed by atoms with Gasteiger partial charge in [-0.3, -0.25) is 9.20 Å². The molecule has 132 valence electrons. The van der Waals surface area contributed by atoms with E-state index in [2.05, 4.69) is 15.3 Å². The van der Waals surface area contributed by atoms with E-state index in [9.17, 15) is 4.79 Å². The van der Waals surface area contributed by atoms with Crippen molar-refractivity contribution < 1.29 is 4.79 Å². The minimum atomic E-state index is -0.132. The van der Waals surface area contributed by atoms with Gasteiger partial charge in [0, 0.05) is 36.6 Å². The molecule has 1 N–H and O–H groups in total. The minimum Gasteiger partial charge on any atom is -0.354 e. The first-order valence-corrected chi connectivity index (χ1v) is 9.79. The molecule has 4 rings (SSSR count). The van der Waals surface area contributed by atoms with Gasteiger partial charge in [0.15, 0.2) is 10.1 Å². The highest BCUT2D eigenvalue weighted by atomic mass is 32.1. The lowest BCUT2D eigenvalue weighted by Gasteiger charge is -2.06. The first-order valence-electron chi connectivity index (χ1n) is 8.04. The van der Waals surface area contributed by atoms with Crippen LogP contribution in [0.5, 0.6) is 0 Å². The Hall–Kier alpha value is -2.71. The predicted molar refractivity (Wildman–Crippen MR) is 106 cm³/mol. The molecular weight excluding hydrogens is 366 g/mol. The van der Waals surface area contributed by atoms with Crippen molar-refractivity contribution in [3.63, 3.8) is 0 Å². The summed E-state index contributed by atoms with van der Waals surface area (Å²) in [6.07, 6.45) is 1.91. The minimum absolute atomic E-state index is 0.132. The number of carbonyl (C=O) groups is 1. The number of hydrogen-bond acceptors (Lipinski definition) is 6. The molecule has 8 heteroatoms. The lowest BCUT2D eigenvalue weighted by molar-refractivity contribution is 0.0945. The largest absolute Gasteiger partial charge is 0.354 e. The van der Waals surface area contributed by atoms with Crippen LogP contribution in [-0.4, -0.2) is 34.4 Å². The number of nitrogens with one attached hydrogen (secondary N) is 1. The van der Waals surface area contributed by atoms with Crippen LogP contribution >= 0.6 is 22.7 Å². The van der Waals surface area contributed by atoms with E-state index in [-0.39, 0.29) is 5.91 Å². The predicted octanol–water partition coefficient (Wildman–Crippen LogP) is 3.52. The molecule has 0 aliphatic heterocycles. The molecule has 0 saturated carbocycles. The van der Waals surface area contributed by atoms with Gasteiger partial charge in [0.05, 0.1) is 17.9 Å². The third-order valence-electron chi connectivity index (χ3n) is 3.86. The Morgan fingerprint density at radius 2 is 1.96 bits per heavy atom. The third-order valence-corrected chi connectivity index (χ3v) is 5.76. The smallest absolute Gasteiger partial charge is 0.269 e. The molecule has 0 saturated heterocycles. The number of carbonyl (C=O) groups excluding carboxylic acids is 1. The maximum Gasteiger partial charge on any atom is 0.269 e. The van der Waals surface area contributed by atoms with E-state index in [1.807, 2.05) is 70.7 Å². The summed E-state index contributed by atoms with van der Waals surface area (Å²) in [7, 11) is 3.90. The first kappa shape index (κ1) is 16.7. The van der Waals surface area contributed by atoms with E-state index in [1.54, 1.807) is 11.3 Å². The molecular formula is C18H17N5OS2. The Morgan fingerprint density at radius 1 is 1.15 bits per heavy atom. The van der Waals surface area contributed by atoms with Crippen LogP contribution in [0, 0.1) is 0 Å². The van der Waals surface area contributed by atoms with Crippen LogP contribution in [0.15, 0.2) is 47.3 Å². The van der Waals surface area contributed by atoms with Crippen LogP contribution in [0.1, 0.15) is 16.2 Å². The number of anilines is 1. The number of fused-ring (bicyclic) bond motifs is 1. The molecule has 0 spiro atoms. The standard InChI is InChI=1S/C18H17N5OS2/c1-22(2)17-20-13(10-25-17)8-19-16(24)15-11-26-18-21-14(9-23(15)18)12-6-4-3-5-7-12/h3-7,9-11H,8H2,1-2H3,(H,19,24). The Labute approximate surface area is 158 Å². The van der Waals surface area contributed by atoms with Gasteiger partial charge in [-0.05, 0) is 0 Å². The third kappa shape index (κ3) is 3.21.